The third kappa shape index (κ3) is 5.75. The van der Waals surface area contributed by atoms with E-state index in [0.717, 1.165) is 12.1 Å². The van der Waals surface area contributed by atoms with Crippen LogP contribution in [0, 0.1) is 5.41 Å². The zero-order valence-corrected chi connectivity index (χ0v) is 12.7. The largest absolute Gasteiger partial charge is 0.416 e. The van der Waals surface area contributed by atoms with E-state index in [1.54, 1.807) is 20.8 Å². The van der Waals surface area contributed by atoms with Crippen LogP contribution in [0.25, 0.3) is 0 Å². The van der Waals surface area contributed by atoms with Crippen LogP contribution in [-0.4, -0.2) is 18.4 Å². The Kier molecular flexibility index (Phi) is 5.57. The number of halogens is 3. The van der Waals surface area contributed by atoms with E-state index >= 15 is 0 Å². The smallest absolute Gasteiger partial charge is 0.355 e. The Labute approximate surface area is 127 Å². The van der Waals surface area contributed by atoms with E-state index in [1.807, 2.05) is 0 Å². The van der Waals surface area contributed by atoms with Crippen LogP contribution in [0.2, 0.25) is 0 Å². The van der Waals surface area contributed by atoms with Crippen molar-refractivity contribution in [2.24, 2.45) is 5.41 Å². The molecular weight excluding hydrogens is 297 g/mol. The van der Waals surface area contributed by atoms with Gasteiger partial charge in [-0.25, -0.2) is 0 Å². The molecule has 0 fully saturated rings. The van der Waals surface area contributed by atoms with E-state index < -0.39 is 23.1 Å². The van der Waals surface area contributed by atoms with Crippen LogP contribution in [-0.2, 0) is 15.8 Å². The molecule has 22 heavy (non-hydrogen) atoms. The van der Waals surface area contributed by atoms with Gasteiger partial charge in [-0.1, -0.05) is 26.8 Å². The number of hydrogen-bond acceptors (Lipinski definition) is 2. The van der Waals surface area contributed by atoms with Crippen LogP contribution in [0.5, 0.6) is 0 Å². The number of amides is 2. The van der Waals surface area contributed by atoms with Crippen LogP contribution in [0.15, 0.2) is 24.3 Å². The lowest BCUT2D eigenvalue weighted by Crippen LogP contribution is -2.36. The molecule has 4 nitrogen and oxygen atoms in total. The van der Waals surface area contributed by atoms with Crippen molar-refractivity contribution < 1.29 is 22.8 Å². The van der Waals surface area contributed by atoms with E-state index in [0.29, 0.717) is 0 Å². The second-order valence-corrected chi connectivity index (χ2v) is 5.88. The van der Waals surface area contributed by atoms with Gasteiger partial charge in [-0.3, -0.25) is 9.59 Å². The summed E-state index contributed by atoms with van der Waals surface area (Å²) in [7, 11) is 0. The normalized spacial score (nSPS) is 11.9. The Balaban J connectivity index is 2.51. The van der Waals surface area contributed by atoms with Gasteiger partial charge in [-0.15, -0.1) is 0 Å². The molecule has 0 aromatic heterocycles. The van der Waals surface area contributed by atoms with Gasteiger partial charge in [-0.05, 0) is 18.2 Å². The first-order chi connectivity index (χ1) is 10.00. The number of carbonyl (C=O) groups excluding carboxylic acids is 2. The molecule has 0 spiro atoms. The Bertz CT molecular complexity index is 548. The van der Waals surface area contributed by atoms with Gasteiger partial charge in [-0.2, -0.15) is 13.2 Å². The molecule has 0 aliphatic carbocycles. The Morgan fingerprint density at radius 1 is 1.14 bits per heavy atom. The van der Waals surface area contributed by atoms with Crippen LogP contribution in [0.3, 0.4) is 0 Å². The molecule has 0 radical (unpaired) electrons. The van der Waals surface area contributed by atoms with Gasteiger partial charge in [0.05, 0.1) is 5.56 Å². The average Bonchev–Trinajstić information content (AvgIpc) is 2.36. The zero-order chi connectivity index (χ0) is 17.0. The van der Waals surface area contributed by atoms with Gasteiger partial charge in [0, 0.05) is 24.1 Å². The van der Waals surface area contributed by atoms with Crippen LogP contribution in [0.1, 0.15) is 32.8 Å². The predicted octanol–water partition coefficient (Wildman–Crippen LogP) is 3.20. The summed E-state index contributed by atoms with van der Waals surface area (Å²) in [6.07, 6.45) is -4.47. The van der Waals surface area contributed by atoms with Crippen molar-refractivity contribution in [2.75, 3.05) is 11.9 Å². The summed E-state index contributed by atoms with van der Waals surface area (Å²) >= 11 is 0. The Morgan fingerprint density at radius 3 is 2.32 bits per heavy atom. The molecule has 0 heterocycles. The van der Waals surface area contributed by atoms with Gasteiger partial charge >= 0.3 is 6.18 Å². The number of benzene rings is 1. The highest BCUT2D eigenvalue weighted by atomic mass is 19.4. The van der Waals surface area contributed by atoms with Gasteiger partial charge in [0.2, 0.25) is 11.8 Å². The molecule has 0 aliphatic rings. The lowest BCUT2D eigenvalue weighted by Gasteiger charge is -2.17. The van der Waals surface area contributed by atoms with E-state index in [4.69, 9.17) is 0 Å². The standard InChI is InChI=1S/C15H19F3N2O2/c1-14(2,3)13(22)19-8-7-12(21)20-11-6-4-5-10(9-11)15(16,17)18/h4-6,9H,7-8H2,1-3H3,(H,19,22)(H,20,21). The highest BCUT2D eigenvalue weighted by Gasteiger charge is 2.30. The number of rotatable bonds is 4. The number of carbonyl (C=O) groups is 2. The average molecular weight is 316 g/mol. The van der Waals surface area contributed by atoms with Crippen LogP contribution in [0.4, 0.5) is 18.9 Å². The fourth-order valence-electron chi connectivity index (χ4n) is 1.55. The summed E-state index contributed by atoms with van der Waals surface area (Å²) in [5.74, 6) is -0.659. The first-order valence-corrected chi connectivity index (χ1v) is 6.75. The Morgan fingerprint density at radius 2 is 1.77 bits per heavy atom. The van der Waals surface area contributed by atoms with Crippen molar-refractivity contribution in [3.63, 3.8) is 0 Å². The maximum atomic E-state index is 12.5. The van der Waals surface area contributed by atoms with Crippen molar-refractivity contribution in [3.8, 4) is 0 Å². The third-order valence-electron chi connectivity index (χ3n) is 2.79. The fraction of sp³-hybridized carbons (Fsp3) is 0.467. The monoisotopic (exact) mass is 316 g/mol. The minimum Gasteiger partial charge on any atom is -0.355 e. The molecule has 7 heteroatoms. The van der Waals surface area contributed by atoms with E-state index in [2.05, 4.69) is 10.6 Å². The molecule has 122 valence electrons. The lowest BCUT2D eigenvalue weighted by atomic mass is 9.96. The summed E-state index contributed by atoms with van der Waals surface area (Å²) < 4.78 is 37.6. The molecule has 0 saturated heterocycles. The van der Waals surface area contributed by atoms with Gasteiger partial charge in [0.1, 0.15) is 0 Å². The molecule has 2 N–H and O–H groups in total. The van der Waals surface area contributed by atoms with Crippen molar-refractivity contribution in [1.29, 1.82) is 0 Å². The summed E-state index contributed by atoms with van der Waals surface area (Å²) in [6, 6.07) is 4.39. The second-order valence-electron chi connectivity index (χ2n) is 5.88. The summed E-state index contributed by atoms with van der Waals surface area (Å²) in [5.41, 5.74) is -1.31. The summed E-state index contributed by atoms with van der Waals surface area (Å²) in [6.45, 7) is 5.35. The molecule has 0 atom stereocenters. The molecule has 0 saturated carbocycles. The molecule has 1 aromatic carbocycles. The molecule has 1 aromatic rings. The number of alkyl halides is 3. The highest BCUT2D eigenvalue weighted by molar-refractivity contribution is 5.91. The van der Waals surface area contributed by atoms with E-state index in [9.17, 15) is 22.8 Å². The van der Waals surface area contributed by atoms with E-state index in [-0.39, 0.29) is 24.6 Å². The van der Waals surface area contributed by atoms with Gasteiger partial charge in [0.25, 0.3) is 0 Å². The molecule has 1 rings (SSSR count). The number of hydrogen-bond donors (Lipinski definition) is 2. The number of nitrogens with one attached hydrogen (secondary N) is 2. The van der Waals surface area contributed by atoms with Crippen molar-refractivity contribution in [3.05, 3.63) is 29.8 Å². The first kappa shape index (κ1) is 18.0. The van der Waals surface area contributed by atoms with E-state index in [1.165, 1.54) is 12.1 Å². The summed E-state index contributed by atoms with van der Waals surface area (Å²) in [5, 5.41) is 4.97. The topological polar surface area (TPSA) is 58.2 Å². The number of anilines is 1. The Hall–Kier alpha value is -2.05. The van der Waals surface area contributed by atoms with Gasteiger partial charge < -0.3 is 10.6 Å². The predicted molar refractivity (Wildman–Crippen MR) is 77.2 cm³/mol. The molecule has 2 amide bonds. The lowest BCUT2D eigenvalue weighted by molar-refractivity contribution is -0.137. The summed E-state index contributed by atoms with van der Waals surface area (Å²) in [4.78, 5) is 23.3. The zero-order valence-electron chi connectivity index (χ0n) is 12.7. The second kappa shape index (κ2) is 6.81. The first-order valence-electron chi connectivity index (χ1n) is 6.75. The van der Waals surface area contributed by atoms with Crippen LogP contribution < -0.4 is 10.6 Å². The quantitative estimate of drug-likeness (QED) is 0.896. The minimum absolute atomic E-state index is 0.0158. The molecule has 0 aliphatic heterocycles. The third-order valence-corrected chi connectivity index (χ3v) is 2.79. The van der Waals surface area contributed by atoms with Crippen molar-refractivity contribution in [2.45, 2.75) is 33.4 Å². The SMILES string of the molecule is CC(C)(C)C(=O)NCCC(=O)Nc1cccc(C(F)(F)F)c1. The maximum absolute atomic E-state index is 12.5. The van der Waals surface area contributed by atoms with Crippen LogP contribution >= 0.6 is 0 Å². The van der Waals surface area contributed by atoms with Crippen molar-refractivity contribution in [1.82, 2.24) is 5.32 Å². The molecular formula is C15H19F3N2O2. The minimum atomic E-state index is -4.46. The van der Waals surface area contributed by atoms with Gasteiger partial charge in [0.15, 0.2) is 0 Å². The fourth-order valence-corrected chi connectivity index (χ4v) is 1.55. The molecule has 0 bridgehead atoms. The van der Waals surface area contributed by atoms with Crippen molar-refractivity contribution >= 4 is 17.5 Å². The molecule has 0 unspecified atom stereocenters. The highest BCUT2D eigenvalue weighted by Crippen LogP contribution is 2.30. The maximum Gasteiger partial charge on any atom is 0.416 e.